The van der Waals surface area contributed by atoms with Gasteiger partial charge in [0.1, 0.15) is 25.4 Å². The third-order valence-corrected chi connectivity index (χ3v) is 10.5. The molecule has 7 heterocycles. The average molecular weight is 913 g/mol. The molecule has 338 valence electrons. The van der Waals surface area contributed by atoms with Crippen molar-refractivity contribution in [2.75, 3.05) is 31.3 Å². The predicted molar refractivity (Wildman–Crippen MR) is 212 cm³/mol. The first-order valence-electron chi connectivity index (χ1n) is 18.6. The van der Waals surface area contributed by atoms with Gasteiger partial charge in [0.15, 0.2) is 29.9 Å². The molecule has 0 bridgehead atoms. The van der Waals surface area contributed by atoms with E-state index in [1.165, 1.54) is 56.1 Å². The molecule has 4 aromatic rings. The molecule has 0 spiro atoms. The zero-order valence-electron chi connectivity index (χ0n) is 33.8. The van der Waals surface area contributed by atoms with Crippen LogP contribution in [0.5, 0.6) is 0 Å². The molecule has 3 aliphatic heterocycles. The maximum atomic E-state index is 12.4. The van der Waals surface area contributed by atoms with E-state index in [4.69, 9.17) is 54.5 Å². The molecule has 0 amide bonds. The monoisotopic (exact) mass is 912 g/mol. The Morgan fingerprint density at radius 2 is 1.13 bits per heavy atom. The molecular formula is C35H44N8O17S2. The van der Waals surface area contributed by atoms with Gasteiger partial charge in [-0.25, -0.2) is 9.97 Å². The van der Waals surface area contributed by atoms with E-state index in [-0.39, 0.29) is 54.3 Å². The van der Waals surface area contributed by atoms with E-state index in [1.54, 1.807) is 0 Å². The maximum Gasteiger partial charge on any atom is 0.311 e. The van der Waals surface area contributed by atoms with Crippen LogP contribution in [0.4, 0.5) is 11.9 Å². The molecule has 3 aliphatic rings. The van der Waals surface area contributed by atoms with E-state index < -0.39 is 85.2 Å². The Hall–Kier alpha value is -5.71. The Kier molecular flexibility index (Phi) is 16.0. The van der Waals surface area contributed by atoms with E-state index in [1.807, 2.05) is 0 Å². The van der Waals surface area contributed by atoms with Gasteiger partial charge in [0.25, 0.3) is 0 Å². The largest absolute Gasteiger partial charge is 0.463 e. The number of anilines is 2. The predicted octanol–water partition coefficient (Wildman–Crippen LogP) is -0.547. The van der Waals surface area contributed by atoms with E-state index in [0.717, 1.165) is 22.7 Å². The summed E-state index contributed by atoms with van der Waals surface area (Å²) in [5.74, 6) is -2.36. The summed E-state index contributed by atoms with van der Waals surface area (Å²) >= 11 is 1.89. The summed E-state index contributed by atoms with van der Waals surface area (Å²) in [6, 6.07) is 0. The zero-order valence-corrected chi connectivity index (χ0v) is 35.4. The van der Waals surface area contributed by atoms with Crippen molar-refractivity contribution in [1.82, 2.24) is 29.1 Å². The number of carbonyl (C=O) groups excluding carboxylic acids is 5. The van der Waals surface area contributed by atoms with Gasteiger partial charge in [0.2, 0.25) is 18.2 Å². The van der Waals surface area contributed by atoms with Crippen molar-refractivity contribution >= 4 is 85.1 Å². The van der Waals surface area contributed by atoms with E-state index >= 15 is 0 Å². The Bertz CT molecular complexity index is 2360. The van der Waals surface area contributed by atoms with Crippen molar-refractivity contribution in [1.29, 1.82) is 0 Å². The van der Waals surface area contributed by atoms with Crippen LogP contribution in [0.25, 0.3) is 20.7 Å². The van der Waals surface area contributed by atoms with Crippen LogP contribution < -0.4 is 21.2 Å². The van der Waals surface area contributed by atoms with E-state index in [9.17, 15) is 38.7 Å². The first-order valence-corrected chi connectivity index (χ1v) is 20.3. The van der Waals surface area contributed by atoms with Crippen molar-refractivity contribution in [2.45, 2.75) is 109 Å². The molecule has 0 aromatic carbocycles. The number of nitrogen functional groups attached to an aromatic ring is 2. The standard InChI is InChI=1S/C14H16N4O6S.C11H16O7.C10H12N4O4S/c1-6(19)22-5-8-3-9(23-7(2)20)12(24-8)18-11-10(25-14(18)21)4-16-13(15)17-11;1-6(12)15-5-9-4-10(16-7(2)13)11(18-9)17-8(3)14;11-9-12-2-6-7(13-9)14(10(17)19-6)8-5(16)1-4(3-15)18-8/h4,8-9,12H,3,5H2,1-2H3,(H2,15,16,17);9-11H,4-5H2,1-3H3;2,4-5,8,15-16H,1,3H2,(H2,11,12,13)/t8-,9+,12+;9-,10+,11+;4-,5+,8+/m000/s1. The molecule has 4 aromatic heterocycles. The lowest BCUT2D eigenvalue weighted by atomic mass is 10.2. The van der Waals surface area contributed by atoms with Gasteiger partial charge in [-0.15, -0.1) is 0 Å². The number of esters is 5. The molecule has 7 rings (SSSR count). The Morgan fingerprint density at radius 3 is 1.60 bits per heavy atom. The van der Waals surface area contributed by atoms with Gasteiger partial charge in [-0.2, -0.15) is 9.97 Å². The highest BCUT2D eigenvalue weighted by Crippen LogP contribution is 2.34. The highest BCUT2D eigenvalue weighted by Gasteiger charge is 2.42. The second-order valence-electron chi connectivity index (χ2n) is 13.7. The molecule has 0 radical (unpaired) electrons. The van der Waals surface area contributed by atoms with Crippen LogP contribution in [-0.2, 0) is 61.9 Å². The number of hydrogen-bond acceptors (Lipinski definition) is 25. The lowest BCUT2D eigenvalue weighted by molar-refractivity contribution is -0.196. The molecular weight excluding hydrogens is 869 g/mol. The van der Waals surface area contributed by atoms with Crippen molar-refractivity contribution in [3.63, 3.8) is 0 Å². The van der Waals surface area contributed by atoms with Crippen molar-refractivity contribution in [3.8, 4) is 0 Å². The van der Waals surface area contributed by atoms with Crippen LogP contribution in [0.1, 0.15) is 66.3 Å². The minimum atomic E-state index is -0.952. The summed E-state index contributed by atoms with van der Waals surface area (Å²) in [6.07, 6.45) is -2.64. The molecule has 0 saturated carbocycles. The summed E-state index contributed by atoms with van der Waals surface area (Å²) in [7, 11) is 0. The molecule has 6 N–H and O–H groups in total. The van der Waals surface area contributed by atoms with Gasteiger partial charge in [-0.05, 0) is 0 Å². The number of rotatable bonds is 10. The van der Waals surface area contributed by atoms with Crippen LogP contribution >= 0.6 is 22.7 Å². The molecule has 25 nitrogen and oxygen atoms in total. The number of aliphatic hydroxyl groups excluding tert-OH is 2. The van der Waals surface area contributed by atoms with Gasteiger partial charge < -0.3 is 59.6 Å². The Balaban J connectivity index is 0.000000179. The van der Waals surface area contributed by atoms with E-state index in [0.29, 0.717) is 27.1 Å². The van der Waals surface area contributed by atoms with Gasteiger partial charge in [-0.3, -0.25) is 42.7 Å². The topological polar surface area (TPSA) is 347 Å². The molecule has 0 unspecified atom stereocenters. The van der Waals surface area contributed by atoms with Crippen LogP contribution in [0.3, 0.4) is 0 Å². The fourth-order valence-corrected chi connectivity index (χ4v) is 8.05. The lowest BCUT2D eigenvalue weighted by Crippen LogP contribution is -2.30. The van der Waals surface area contributed by atoms with Gasteiger partial charge in [0.05, 0.1) is 46.7 Å². The third-order valence-electron chi connectivity index (χ3n) is 8.76. The summed E-state index contributed by atoms with van der Waals surface area (Å²) in [4.78, 5) is 94.4. The van der Waals surface area contributed by atoms with E-state index in [2.05, 4.69) is 19.9 Å². The molecule has 3 saturated heterocycles. The fourth-order valence-electron chi connectivity index (χ4n) is 6.41. The van der Waals surface area contributed by atoms with Crippen LogP contribution in [-0.4, -0.2) is 132 Å². The number of carbonyl (C=O) groups is 5. The lowest BCUT2D eigenvalue weighted by Gasteiger charge is -2.19. The first-order chi connectivity index (χ1) is 29.3. The number of ether oxygens (including phenoxy) is 8. The summed E-state index contributed by atoms with van der Waals surface area (Å²) < 4.78 is 45.2. The number of nitrogens with two attached hydrogens (primary N) is 2. The minimum Gasteiger partial charge on any atom is -0.463 e. The summed E-state index contributed by atoms with van der Waals surface area (Å²) in [5.41, 5.74) is 11.8. The highest BCUT2D eigenvalue weighted by atomic mass is 32.1. The molecule has 9 atom stereocenters. The number of aromatic nitrogens is 6. The molecule has 3 fully saturated rings. The summed E-state index contributed by atoms with van der Waals surface area (Å²) in [5, 5.41) is 19.0. The van der Waals surface area contributed by atoms with Gasteiger partial charge in [0, 0.05) is 53.9 Å². The number of thiazole rings is 2. The normalized spacial score (nSPS) is 25.2. The minimum absolute atomic E-state index is 0.00244. The van der Waals surface area contributed by atoms with Crippen molar-refractivity contribution in [2.24, 2.45) is 0 Å². The average Bonchev–Trinajstić information content (AvgIpc) is 3.99. The molecule has 62 heavy (non-hydrogen) atoms. The number of hydrogen-bond donors (Lipinski definition) is 4. The quantitative estimate of drug-likeness (QED) is 0.115. The van der Waals surface area contributed by atoms with Crippen molar-refractivity contribution < 1.29 is 72.1 Å². The number of aliphatic hydroxyl groups is 2. The maximum absolute atomic E-state index is 12.4. The fraction of sp³-hybridized carbons (Fsp3) is 0.571. The first kappa shape index (κ1) is 47.3. The van der Waals surface area contributed by atoms with Gasteiger partial charge >= 0.3 is 39.6 Å². The zero-order chi connectivity index (χ0) is 45.4. The van der Waals surface area contributed by atoms with Crippen molar-refractivity contribution in [3.05, 3.63) is 31.7 Å². The van der Waals surface area contributed by atoms with Gasteiger partial charge in [-0.1, -0.05) is 22.7 Å². The molecule has 27 heteroatoms. The Morgan fingerprint density at radius 1 is 0.677 bits per heavy atom. The van der Waals surface area contributed by atoms with Crippen LogP contribution in [0.2, 0.25) is 0 Å². The van der Waals surface area contributed by atoms with Crippen LogP contribution in [0.15, 0.2) is 22.0 Å². The molecule has 0 aliphatic carbocycles. The third kappa shape index (κ3) is 12.2. The Labute approximate surface area is 357 Å². The van der Waals surface area contributed by atoms with Crippen LogP contribution in [0, 0.1) is 0 Å². The second-order valence-corrected chi connectivity index (χ2v) is 15.7. The smallest absolute Gasteiger partial charge is 0.311 e. The number of nitrogens with zero attached hydrogens (tertiary/aromatic N) is 6. The summed E-state index contributed by atoms with van der Waals surface area (Å²) in [6.45, 7) is 6.14. The number of fused-ring (bicyclic) bond motifs is 2. The SMILES string of the molecule is CC(=O)OC[C@@H]1C[C@@H](OC(C)=O)[C@H](OC(C)=O)O1.CC(=O)OC[C@@H]1C[C@@H](OC(C)=O)[C@H](n2c(=O)sc3cnc(N)nc32)O1.Nc1ncc2sc(=O)n([C@@H]3O[C@H](CO)C[C@H]3O)c2n1. The second kappa shape index (κ2) is 20.9. The highest BCUT2D eigenvalue weighted by molar-refractivity contribution is 7.16.